The highest BCUT2D eigenvalue weighted by Gasteiger charge is 2.23. The van der Waals surface area contributed by atoms with Gasteiger partial charge < -0.3 is 9.84 Å². The molecular weight excluding hydrogens is 468 g/mol. The second-order valence-corrected chi connectivity index (χ2v) is 13.6. The van der Waals surface area contributed by atoms with Gasteiger partial charge in [0.25, 0.3) is 0 Å². The minimum Gasteiger partial charge on any atom is -0.464 e. The molecule has 0 radical (unpaired) electrons. The number of aliphatic hydroxyl groups excluding tert-OH is 1. The Hall–Kier alpha value is -1.35. The van der Waals surface area contributed by atoms with Gasteiger partial charge in [0.15, 0.2) is 6.10 Å². The number of benzene rings is 1. The van der Waals surface area contributed by atoms with Gasteiger partial charge >= 0.3 is 5.97 Å². The van der Waals surface area contributed by atoms with Crippen LogP contribution in [0.2, 0.25) is 0 Å². The van der Waals surface area contributed by atoms with Crippen molar-refractivity contribution >= 4 is 5.97 Å². The van der Waals surface area contributed by atoms with E-state index in [4.69, 9.17) is 4.74 Å². The molecule has 3 heteroatoms. The fourth-order valence-electron chi connectivity index (χ4n) is 4.90. The van der Waals surface area contributed by atoms with Crippen LogP contribution >= 0.6 is 0 Å². The molecule has 0 saturated carbocycles. The van der Waals surface area contributed by atoms with E-state index in [2.05, 4.69) is 66.7 Å². The van der Waals surface area contributed by atoms with Crippen molar-refractivity contribution in [3.8, 4) is 0 Å². The quantitative estimate of drug-likeness (QED) is 0.135. The molecule has 1 unspecified atom stereocenters. The van der Waals surface area contributed by atoms with Gasteiger partial charge in [0, 0.05) is 6.42 Å². The van der Waals surface area contributed by atoms with Crippen molar-refractivity contribution in [1.29, 1.82) is 0 Å². The molecule has 38 heavy (non-hydrogen) atoms. The molecule has 0 heterocycles. The van der Waals surface area contributed by atoms with Crippen LogP contribution in [-0.2, 0) is 26.8 Å². The number of unbranched alkanes of at least 4 members (excludes halogenated alkanes) is 15. The minimum absolute atomic E-state index is 0.00864. The molecule has 0 bridgehead atoms. The summed E-state index contributed by atoms with van der Waals surface area (Å²) in [6.45, 7) is 15.9. The lowest BCUT2D eigenvalue weighted by molar-refractivity contribution is -0.153. The number of ether oxygens (including phenoxy) is 1. The SMILES string of the molecule is CCCCCCCCCCCCCCCCCCOC(=O)C(O)Cc1cc(C(C)(C)C)cc(C(C)(C)C)c1. The van der Waals surface area contributed by atoms with Crippen LogP contribution in [0.5, 0.6) is 0 Å². The Bertz CT molecular complexity index is 721. The molecule has 0 saturated heterocycles. The molecule has 0 aliphatic rings. The Morgan fingerprint density at radius 1 is 0.658 bits per heavy atom. The van der Waals surface area contributed by atoms with Gasteiger partial charge in [0.05, 0.1) is 6.61 Å². The third-order valence-electron chi connectivity index (χ3n) is 7.67. The third-order valence-corrected chi connectivity index (χ3v) is 7.67. The number of hydrogen-bond donors (Lipinski definition) is 1. The van der Waals surface area contributed by atoms with Gasteiger partial charge in [0.1, 0.15) is 0 Å². The minimum atomic E-state index is -1.11. The molecule has 3 nitrogen and oxygen atoms in total. The van der Waals surface area contributed by atoms with Crippen LogP contribution in [0.3, 0.4) is 0 Å². The summed E-state index contributed by atoms with van der Waals surface area (Å²) in [7, 11) is 0. The van der Waals surface area contributed by atoms with Crippen LogP contribution in [0, 0.1) is 0 Å². The van der Waals surface area contributed by atoms with Crippen LogP contribution in [0.4, 0.5) is 0 Å². The summed E-state index contributed by atoms with van der Waals surface area (Å²) in [6.07, 6.45) is 20.3. The summed E-state index contributed by atoms with van der Waals surface area (Å²) < 4.78 is 5.40. The molecular formula is C35H62O3. The van der Waals surface area contributed by atoms with Crippen LogP contribution < -0.4 is 0 Å². The van der Waals surface area contributed by atoms with Gasteiger partial charge in [-0.05, 0) is 33.9 Å². The molecule has 1 atom stereocenters. The predicted molar refractivity (Wildman–Crippen MR) is 164 cm³/mol. The number of carbonyl (C=O) groups is 1. The Kier molecular flexibility index (Phi) is 17.2. The van der Waals surface area contributed by atoms with Crippen molar-refractivity contribution in [2.45, 2.75) is 175 Å². The molecule has 0 amide bonds. The summed E-state index contributed by atoms with van der Waals surface area (Å²) >= 11 is 0. The smallest absolute Gasteiger partial charge is 0.335 e. The van der Waals surface area contributed by atoms with E-state index < -0.39 is 12.1 Å². The highest BCUT2D eigenvalue weighted by Crippen LogP contribution is 2.30. The summed E-state index contributed by atoms with van der Waals surface area (Å²) in [5.41, 5.74) is 3.47. The molecule has 0 fully saturated rings. The number of aliphatic hydroxyl groups is 1. The Labute approximate surface area is 236 Å². The van der Waals surface area contributed by atoms with E-state index in [1.54, 1.807) is 0 Å². The lowest BCUT2D eigenvalue weighted by atomic mass is 9.79. The van der Waals surface area contributed by atoms with Gasteiger partial charge in [-0.1, -0.05) is 163 Å². The second-order valence-electron chi connectivity index (χ2n) is 13.6. The molecule has 0 spiro atoms. The fraction of sp³-hybridized carbons (Fsp3) is 0.800. The molecule has 0 aromatic heterocycles. The molecule has 1 aromatic carbocycles. The van der Waals surface area contributed by atoms with Gasteiger partial charge in [-0.3, -0.25) is 0 Å². The number of carbonyl (C=O) groups excluding carboxylic acids is 1. The van der Waals surface area contributed by atoms with Crippen molar-refractivity contribution in [3.63, 3.8) is 0 Å². The van der Waals surface area contributed by atoms with Gasteiger partial charge in [-0.2, -0.15) is 0 Å². The summed E-state index contributed by atoms with van der Waals surface area (Å²) in [5.74, 6) is -0.496. The van der Waals surface area contributed by atoms with Gasteiger partial charge in [-0.25, -0.2) is 4.79 Å². The van der Waals surface area contributed by atoms with E-state index >= 15 is 0 Å². The Morgan fingerprint density at radius 2 is 1.03 bits per heavy atom. The third kappa shape index (κ3) is 15.9. The lowest BCUT2D eigenvalue weighted by Gasteiger charge is -2.26. The first-order chi connectivity index (χ1) is 17.9. The molecule has 0 aliphatic carbocycles. The van der Waals surface area contributed by atoms with E-state index in [0.29, 0.717) is 13.0 Å². The topological polar surface area (TPSA) is 46.5 Å². The molecule has 0 aliphatic heterocycles. The van der Waals surface area contributed by atoms with Crippen LogP contribution in [-0.4, -0.2) is 23.8 Å². The van der Waals surface area contributed by atoms with Crippen molar-refractivity contribution in [2.24, 2.45) is 0 Å². The van der Waals surface area contributed by atoms with E-state index in [1.807, 2.05) is 0 Å². The van der Waals surface area contributed by atoms with E-state index in [-0.39, 0.29) is 10.8 Å². The van der Waals surface area contributed by atoms with E-state index in [9.17, 15) is 9.90 Å². The summed E-state index contributed by atoms with van der Waals surface area (Å²) in [6, 6.07) is 6.51. The Morgan fingerprint density at radius 3 is 1.39 bits per heavy atom. The second kappa shape index (κ2) is 18.9. The standard InChI is InChI=1S/C35H62O3/c1-8-9-10-11-12-13-14-15-16-17-18-19-20-21-22-23-24-38-33(37)32(36)27-29-25-30(34(2,3)4)28-31(26-29)35(5,6)7/h25-26,28,32,36H,8-24,27H2,1-7H3. The zero-order valence-electron chi connectivity index (χ0n) is 26.3. The van der Waals surface area contributed by atoms with Crippen LogP contribution in [0.15, 0.2) is 18.2 Å². The molecule has 220 valence electrons. The first-order valence-electron chi connectivity index (χ1n) is 15.9. The molecule has 1 N–H and O–H groups in total. The van der Waals surface area contributed by atoms with Crippen molar-refractivity contribution in [1.82, 2.24) is 0 Å². The fourth-order valence-corrected chi connectivity index (χ4v) is 4.90. The molecule has 1 aromatic rings. The van der Waals surface area contributed by atoms with Crippen LogP contribution in [0.1, 0.15) is 168 Å². The van der Waals surface area contributed by atoms with E-state index in [0.717, 1.165) is 18.4 Å². The highest BCUT2D eigenvalue weighted by molar-refractivity contribution is 5.74. The largest absolute Gasteiger partial charge is 0.464 e. The normalized spacial score (nSPS) is 13.1. The zero-order chi connectivity index (χ0) is 28.4. The highest BCUT2D eigenvalue weighted by atomic mass is 16.5. The maximum Gasteiger partial charge on any atom is 0.335 e. The maximum absolute atomic E-state index is 12.4. The van der Waals surface area contributed by atoms with Crippen molar-refractivity contribution < 1.29 is 14.6 Å². The van der Waals surface area contributed by atoms with Gasteiger partial charge in [0.2, 0.25) is 0 Å². The first-order valence-corrected chi connectivity index (χ1v) is 15.9. The summed E-state index contributed by atoms with van der Waals surface area (Å²) in [5, 5.41) is 10.5. The monoisotopic (exact) mass is 530 g/mol. The average molecular weight is 531 g/mol. The van der Waals surface area contributed by atoms with E-state index in [1.165, 1.54) is 101 Å². The van der Waals surface area contributed by atoms with Crippen molar-refractivity contribution in [3.05, 3.63) is 34.9 Å². The Balaban J connectivity index is 2.15. The van der Waals surface area contributed by atoms with Crippen LogP contribution in [0.25, 0.3) is 0 Å². The molecule has 1 rings (SSSR count). The average Bonchev–Trinajstić information content (AvgIpc) is 2.84. The maximum atomic E-state index is 12.4. The van der Waals surface area contributed by atoms with Gasteiger partial charge in [-0.15, -0.1) is 0 Å². The zero-order valence-corrected chi connectivity index (χ0v) is 26.3. The number of rotatable bonds is 20. The van der Waals surface area contributed by atoms with Crippen molar-refractivity contribution in [2.75, 3.05) is 6.61 Å². The summed E-state index contributed by atoms with van der Waals surface area (Å²) in [4.78, 5) is 12.4. The number of hydrogen-bond acceptors (Lipinski definition) is 3. The number of esters is 1. The predicted octanol–water partition coefficient (Wildman–Crippen LogP) is 9.99. The first kappa shape index (κ1) is 34.7. The lowest BCUT2D eigenvalue weighted by Crippen LogP contribution is -2.26.